The van der Waals surface area contributed by atoms with Crippen molar-refractivity contribution in [3.05, 3.63) is 143 Å². The highest BCUT2D eigenvalue weighted by atomic mass is 16.5. The van der Waals surface area contributed by atoms with Crippen molar-refractivity contribution in [2.45, 2.75) is 32.7 Å². The summed E-state index contributed by atoms with van der Waals surface area (Å²) in [6, 6.07) is 24.2. The fraction of sp³-hybridized carbons (Fsp3) is 0.250. The maximum Gasteiger partial charge on any atom is 0.336 e. The molecule has 0 atom stereocenters. The van der Waals surface area contributed by atoms with Gasteiger partial charge in [0.2, 0.25) is 0 Å². The third-order valence-electron chi connectivity index (χ3n) is 8.65. The van der Waals surface area contributed by atoms with E-state index in [1.807, 2.05) is 104 Å². The van der Waals surface area contributed by atoms with Gasteiger partial charge in [0.05, 0.1) is 23.5 Å². The predicted octanol–water partition coefficient (Wildman–Crippen LogP) is 7.34. The topological polar surface area (TPSA) is 91.2 Å². The van der Waals surface area contributed by atoms with E-state index in [-0.39, 0.29) is 5.57 Å². The van der Waals surface area contributed by atoms with Gasteiger partial charge >= 0.3 is 5.97 Å². The number of carboxylic acid groups (broad SMARTS) is 1. The van der Waals surface area contributed by atoms with Gasteiger partial charge in [0, 0.05) is 86.7 Å². The lowest BCUT2D eigenvalue weighted by atomic mass is 9.84. The second kappa shape index (κ2) is 14.6. The number of benzene rings is 2. The summed E-state index contributed by atoms with van der Waals surface area (Å²) < 4.78 is 6.47. The molecule has 48 heavy (non-hydrogen) atoms. The van der Waals surface area contributed by atoms with Crippen LogP contribution in [0.1, 0.15) is 47.8 Å². The Bertz CT molecular complexity index is 1850. The van der Waals surface area contributed by atoms with Gasteiger partial charge < -0.3 is 14.7 Å². The fourth-order valence-corrected chi connectivity index (χ4v) is 5.98. The first-order valence-electron chi connectivity index (χ1n) is 16.3. The number of nitrogens with zero attached hydrogens (tertiary/aromatic N) is 5. The number of pyridine rings is 2. The smallest absolute Gasteiger partial charge is 0.336 e. The fourth-order valence-electron chi connectivity index (χ4n) is 5.98. The highest BCUT2D eigenvalue weighted by molar-refractivity contribution is 6.15. The highest BCUT2D eigenvalue weighted by Crippen LogP contribution is 2.48. The first-order chi connectivity index (χ1) is 23.3. The summed E-state index contributed by atoms with van der Waals surface area (Å²) in [5, 5.41) is 10.5. The number of allylic oxidation sites excluding steroid dienone is 3. The molecular formula is C40H41N5O3. The summed E-state index contributed by atoms with van der Waals surface area (Å²) in [5.41, 5.74) is 8.22. The Morgan fingerprint density at radius 1 is 0.875 bits per heavy atom. The zero-order valence-corrected chi connectivity index (χ0v) is 27.9. The number of aliphatic carboxylic acids is 1. The average molecular weight is 640 g/mol. The Morgan fingerprint density at radius 2 is 1.58 bits per heavy atom. The first kappa shape index (κ1) is 32.6. The highest BCUT2D eigenvalue weighted by Gasteiger charge is 2.29. The van der Waals surface area contributed by atoms with E-state index in [9.17, 15) is 9.90 Å². The van der Waals surface area contributed by atoms with Crippen LogP contribution in [0.3, 0.4) is 0 Å². The largest absolute Gasteiger partial charge is 0.478 e. The number of fused-ring (bicyclic) bond motifs is 2. The monoisotopic (exact) mass is 639 g/mol. The molecule has 2 aliphatic rings. The van der Waals surface area contributed by atoms with E-state index in [1.54, 1.807) is 6.08 Å². The number of aromatic nitrogens is 2. The van der Waals surface area contributed by atoms with E-state index in [4.69, 9.17) is 9.73 Å². The maximum absolute atomic E-state index is 12.8. The molecule has 2 aromatic carbocycles. The van der Waals surface area contributed by atoms with Crippen molar-refractivity contribution in [2.24, 2.45) is 4.99 Å². The number of ether oxygens (including phenoxy) is 1. The van der Waals surface area contributed by atoms with Gasteiger partial charge in [0.25, 0.3) is 0 Å². The number of carbonyl (C=O) groups is 1. The Kier molecular flexibility index (Phi) is 9.92. The molecule has 1 aliphatic heterocycles. The summed E-state index contributed by atoms with van der Waals surface area (Å²) in [5.74, 6) is 0.749. The van der Waals surface area contributed by atoms with E-state index in [0.717, 1.165) is 58.1 Å². The predicted molar refractivity (Wildman–Crippen MR) is 192 cm³/mol. The summed E-state index contributed by atoms with van der Waals surface area (Å²) in [7, 11) is 3.98. The van der Waals surface area contributed by atoms with Crippen LogP contribution in [0, 0.1) is 0 Å². The standard InChI is InChI=1S/C40H41N5O3/c1-27(2)28-11-14-34-37(23-28)48-38-25-32(44(3)4)13-16-35(38)39(34)33-15-12-30(24-36(33)40(46)47)43-20-22-45(26-31-10-6-8-19-42-31)21-17-29-9-5-7-18-41-29/h5-16,18-19,23-25,27H,17,20-22,26H2,1-4H3,(H,46,47). The van der Waals surface area contributed by atoms with Gasteiger partial charge in [-0.2, -0.15) is 0 Å². The number of hydrogen-bond acceptors (Lipinski definition) is 7. The number of anilines is 1. The summed E-state index contributed by atoms with van der Waals surface area (Å²) in [6.07, 6.45) is 9.93. The van der Waals surface area contributed by atoms with Crippen LogP contribution in [-0.2, 0) is 17.8 Å². The molecule has 0 amide bonds. The molecule has 0 spiro atoms. The second-order valence-electron chi connectivity index (χ2n) is 12.5. The molecule has 8 heteroatoms. The number of rotatable bonds is 11. The molecular weight excluding hydrogens is 598 g/mol. The normalized spacial score (nSPS) is 16.0. The molecule has 244 valence electrons. The zero-order chi connectivity index (χ0) is 33.6. The minimum Gasteiger partial charge on any atom is -0.478 e. The van der Waals surface area contributed by atoms with Crippen molar-refractivity contribution in [1.82, 2.24) is 14.9 Å². The third-order valence-corrected chi connectivity index (χ3v) is 8.65. The molecule has 0 radical (unpaired) electrons. The lowest BCUT2D eigenvalue weighted by molar-refractivity contribution is -0.132. The molecule has 0 unspecified atom stereocenters. The van der Waals surface area contributed by atoms with E-state index < -0.39 is 5.97 Å². The van der Waals surface area contributed by atoms with Crippen molar-refractivity contribution in [3.63, 3.8) is 0 Å². The van der Waals surface area contributed by atoms with Crippen LogP contribution >= 0.6 is 0 Å². The van der Waals surface area contributed by atoms with Crippen LogP contribution in [0.25, 0.3) is 5.57 Å². The molecule has 3 heterocycles. The Labute approximate surface area is 282 Å². The SMILES string of the molecule is CC(C)c1ccc2c(c1)Oc1cc(N(C)C)ccc1C2=C1C=CC(=NCCN(CCc2ccccn2)Cc2ccccn2)C=C1C(=O)O. The van der Waals surface area contributed by atoms with Crippen LogP contribution in [0.15, 0.2) is 120 Å². The number of carboxylic acids is 1. The molecule has 1 N–H and O–H groups in total. The molecule has 0 saturated heterocycles. The van der Waals surface area contributed by atoms with Crippen molar-refractivity contribution >= 4 is 22.9 Å². The summed E-state index contributed by atoms with van der Waals surface area (Å²) in [6.45, 7) is 6.99. The van der Waals surface area contributed by atoms with Crippen LogP contribution in [-0.4, -0.2) is 65.4 Å². The third kappa shape index (κ3) is 7.45. The van der Waals surface area contributed by atoms with Crippen molar-refractivity contribution in [1.29, 1.82) is 0 Å². The van der Waals surface area contributed by atoms with Gasteiger partial charge in [0.1, 0.15) is 11.5 Å². The molecule has 6 rings (SSSR count). The molecule has 1 aliphatic carbocycles. The average Bonchev–Trinajstić information content (AvgIpc) is 3.09. The van der Waals surface area contributed by atoms with Gasteiger partial charge in [0.15, 0.2) is 0 Å². The van der Waals surface area contributed by atoms with E-state index >= 15 is 0 Å². The minimum absolute atomic E-state index is 0.204. The van der Waals surface area contributed by atoms with Gasteiger partial charge in [-0.15, -0.1) is 0 Å². The van der Waals surface area contributed by atoms with Gasteiger partial charge in [-0.3, -0.25) is 19.9 Å². The maximum atomic E-state index is 12.8. The lowest BCUT2D eigenvalue weighted by Crippen LogP contribution is -2.29. The lowest BCUT2D eigenvalue weighted by Gasteiger charge is -2.28. The number of hydrogen-bond donors (Lipinski definition) is 1. The Balaban J connectivity index is 1.30. The zero-order valence-electron chi connectivity index (χ0n) is 27.9. The van der Waals surface area contributed by atoms with Crippen molar-refractivity contribution in [3.8, 4) is 11.5 Å². The van der Waals surface area contributed by atoms with Gasteiger partial charge in [-0.05, 0) is 71.7 Å². The van der Waals surface area contributed by atoms with E-state index in [1.165, 1.54) is 0 Å². The van der Waals surface area contributed by atoms with Crippen LogP contribution in [0.4, 0.5) is 5.69 Å². The molecule has 0 fully saturated rings. The Morgan fingerprint density at radius 3 is 2.25 bits per heavy atom. The number of aliphatic imine (C=N–C) groups is 1. The van der Waals surface area contributed by atoms with Crippen LogP contribution in [0.2, 0.25) is 0 Å². The van der Waals surface area contributed by atoms with E-state index in [0.29, 0.717) is 42.6 Å². The summed E-state index contributed by atoms with van der Waals surface area (Å²) in [4.78, 5) is 31.0. The summed E-state index contributed by atoms with van der Waals surface area (Å²) >= 11 is 0. The second-order valence-corrected chi connectivity index (χ2v) is 12.5. The Hall–Kier alpha value is -5.34. The van der Waals surface area contributed by atoms with Gasteiger partial charge in [-0.1, -0.05) is 44.2 Å². The van der Waals surface area contributed by atoms with E-state index in [2.05, 4.69) is 40.8 Å². The van der Waals surface area contributed by atoms with Crippen molar-refractivity contribution < 1.29 is 14.6 Å². The van der Waals surface area contributed by atoms with Crippen LogP contribution < -0.4 is 9.64 Å². The minimum atomic E-state index is -1.00. The van der Waals surface area contributed by atoms with Gasteiger partial charge in [-0.25, -0.2) is 4.79 Å². The molecule has 0 bridgehead atoms. The molecule has 0 saturated carbocycles. The molecule has 8 nitrogen and oxygen atoms in total. The molecule has 4 aromatic rings. The van der Waals surface area contributed by atoms with Crippen LogP contribution in [0.5, 0.6) is 11.5 Å². The quantitative estimate of drug-likeness (QED) is 0.162. The first-order valence-corrected chi connectivity index (χ1v) is 16.3. The molecule has 2 aromatic heterocycles. The van der Waals surface area contributed by atoms with Crippen molar-refractivity contribution in [2.75, 3.05) is 38.6 Å².